The molecule has 4 aromatic rings. The van der Waals surface area contributed by atoms with E-state index in [-0.39, 0.29) is 11.9 Å². The summed E-state index contributed by atoms with van der Waals surface area (Å²) in [7, 11) is 2.02. The summed E-state index contributed by atoms with van der Waals surface area (Å²) in [6, 6.07) is 10.1. The lowest BCUT2D eigenvalue weighted by atomic mass is 9.98. The number of likely N-dealkylation sites (tertiary alicyclic amines) is 1. The molecule has 5 heterocycles. The molecule has 0 N–H and O–H groups in total. The van der Waals surface area contributed by atoms with Crippen LogP contribution in [0.3, 0.4) is 0 Å². The summed E-state index contributed by atoms with van der Waals surface area (Å²) in [6.07, 6.45) is 9.63. The SMILES string of the molecule is Cc1cn2nc(C3CCCCN3C(=O)c3ccc4ccn(C)c4c3)cc2nc1N1CCCC1. The number of anilines is 1. The van der Waals surface area contributed by atoms with E-state index in [1.54, 1.807) is 0 Å². The van der Waals surface area contributed by atoms with Gasteiger partial charge in [0.1, 0.15) is 5.82 Å². The predicted octanol–water partition coefficient (Wildman–Crippen LogP) is 4.50. The van der Waals surface area contributed by atoms with Gasteiger partial charge >= 0.3 is 0 Å². The number of carbonyl (C=O) groups excluding carboxylic acids is 1. The van der Waals surface area contributed by atoms with Gasteiger partial charge in [-0.3, -0.25) is 4.79 Å². The average molecular weight is 443 g/mol. The van der Waals surface area contributed by atoms with Gasteiger partial charge in [0, 0.05) is 61.8 Å². The van der Waals surface area contributed by atoms with E-state index in [0.29, 0.717) is 0 Å². The Morgan fingerprint density at radius 1 is 1.03 bits per heavy atom. The smallest absolute Gasteiger partial charge is 0.254 e. The highest BCUT2D eigenvalue weighted by molar-refractivity contribution is 5.98. The maximum atomic E-state index is 13.6. The summed E-state index contributed by atoms with van der Waals surface area (Å²) in [5.74, 6) is 1.15. The minimum atomic E-state index is -0.0207. The van der Waals surface area contributed by atoms with E-state index in [4.69, 9.17) is 10.1 Å². The highest BCUT2D eigenvalue weighted by Gasteiger charge is 2.31. The standard InChI is InChI=1S/C26H30N6O/c1-18-17-32-24(27-25(18)30-11-5-6-12-30)16-21(28-32)22-7-3-4-13-31(22)26(33)20-9-8-19-10-14-29(2)23(19)15-20/h8-10,14-17,22H,3-7,11-13H2,1-2H3. The van der Waals surface area contributed by atoms with Crippen molar-refractivity contribution in [1.29, 1.82) is 0 Å². The van der Waals surface area contributed by atoms with Crippen LogP contribution < -0.4 is 4.90 Å². The molecular formula is C26H30N6O. The molecule has 3 aromatic heterocycles. The van der Waals surface area contributed by atoms with E-state index in [1.165, 1.54) is 12.8 Å². The van der Waals surface area contributed by atoms with Crippen LogP contribution >= 0.6 is 0 Å². The lowest BCUT2D eigenvalue weighted by Crippen LogP contribution is -2.38. The summed E-state index contributed by atoms with van der Waals surface area (Å²) in [5, 5.41) is 6.04. The van der Waals surface area contributed by atoms with Gasteiger partial charge in [-0.25, -0.2) is 9.50 Å². The van der Waals surface area contributed by atoms with E-state index < -0.39 is 0 Å². The second-order valence-corrected chi connectivity index (χ2v) is 9.52. The number of piperidine rings is 1. The van der Waals surface area contributed by atoms with Crippen molar-refractivity contribution in [3.63, 3.8) is 0 Å². The van der Waals surface area contributed by atoms with Crippen molar-refractivity contribution >= 4 is 28.3 Å². The number of aromatic nitrogens is 4. The van der Waals surface area contributed by atoms with E-state index in [2.05, 4.69) is 34.7 Å². The molecule has 2 aliphatic heterocycles. The van der Waals surface area contributed by atoms with E-state index in [1.807, 2.05) is 40.9 Å². The van der Waals surface area contributed by atoms with Crippen LogP contribution in [0.4, 0.5) is 5.82 Å². The van der Waals surface area contributed by atoms with Crippen molar-refractivity contribution in [2.75, 3.05) is 24.5 Å². The Morgan fingerprint density at radius 3 is 2.70 bits per heavy atom. The molecule has 7 heteroatoms. The zero-order valence-corrected chi connectivity index (χ0v) is 19.4. The Balaban J connectivity index is 1.34. The second kappa shape index (κ2) is 7.90. The number of nitrogens with zero attached hydrogens (tertiary/aromatic N) is 6. The van der Waals surface area contributed by atoms with Crippen molar-refractivity contribution in [3.05, 3.63) is 59.5 Å². The Morgan fingerprint density at radius 2 is 1.85 bits per heavy atom. The van der Waals surface area contributed by atoms with Crippen LogP contribution in [-0.2, 0) is 7.05 Å². The summed E-state index contributed by atoms with van der Waals surface area (Å²) >= 11 is 0. The Hall–Kier alpha value is -3.35. The minimum Gasteiger partial charge on any atom is -0.356 e. The highest BCUT2D eigenvalue weighted by Crippen LogP contribution is 2.33. The molecule has 1 amide bonds. The molecule has 2 fully saturated rings. The highest BCUT2D eigenvalue weighted by atomic mass is 16.2. The van der Waals surface area contributed by atoms with Gasteiger partial charge in [0.05, 0.1) is 11.7 Å². The van der Waals surface area contributed by atoms with E-state index in [0.717, 1.165) is 78.1 Å². The van der Waals surface area contributed by atoms with Crippen molar-refractivity contribution in [3.8, 4) is 0 Å². The van der Waals surface area contributed by atoms with Gasteiger partial charge < -0.3 is 14.4 Å². The maximum absolute atomic E-state index is 13.6. The fraction of sp³-hybridized carbons (Fsp3) is 0.423. The summed E-state index contributed by atoms with van der Waals surface area (Å²) in [6.45, 7) is 5.01. The van der Waals surface area contributed by atoms with Gasteiger partial charge in [-0.1, -0.05) is 6.07 Å². The van der Waals surface area contributed by atoms with Crippen LogP contribution in [0.5, 0.6) is 0 Å². The quantitative estimate of drug-likeness (QED) is 0.469. The number of hydrogen-bond acceptors (Lipinski definition) is 4. The molecule has 0 aliphatic carbocycles. The van der Waals surface area contributed by atoms with Crippen molar-refractivity contribution in [1.82, 2.24) is 24.1 Å². The number of fused-ring (bicyclic) bond motifs is 2. The second-order valence-electron chi connectivity index (χ2n) is 9.52. The number of benzene rings is 1. The third-order valence-corrected chi connectivity index (χ3v) is 7.27. The largest absolute Gasteiger partial charge is 0.356 e. The summed E-state index contributed by atoms with van der Waals surface area (Å²) in [4.78, 5) is 23.0. The fourth-order valence-electron chi connectivity index (χ4n) is 5.47. The molecule has 0 spiro atoms. The number of hydrogen-bond donors (Lipinski definition) is 0. The van der Waals surface area contributed by atoms with Gasteiger partial charge in [-0.2, -0.15) is 5.10 Å². The van der Waals surface area contributed by atoms with Crippen molar-refractivity contribution in [2.24, 2.45) is 7.05 Å². The first-order valence-corrected chi connectivity index (χ1v) is 12.1. The maximum Gasteiger partial charge on any atom is 0.254 e. The number of carbonyl (C=O) groups is 1. The van der Waals surface area contributed by atoms with Crippen LogP contribution in [0.15, 0.2) is 42.7 Å². The zero-order valence-electron chi connectivity index (χ0n) is 19.4. The zero-order chi connectivity index (χ0) is 22.5. The van der Waals surface area contributed by atoms with Gasteiger partial charge in [-0.15, -0.1) is 0 Å². The average Bonchev–Trinajstić information content (AvgIpc) is 3.58. The lowest BCUT2D eigenvalue weighted by Gasteiger charge is -2.34. The molecule has 6 rings (SSSR count). The van der Waals surface area contributed by atoms with Gasteiger partial charge in [0.2, 0.25) is 0 Å². The van der Waals surface area contributed by atoms with Gasteiger partial charge in [0.25, 0.3) is 5.91 Å². The molecule has 2 aliphatic rings. The predicted molar refractivity (Wildman–Crippen MR) is 130 cm³/mol. The molecule has 1 atom stereocenters. The van der Waals surface area contributed by atoms with E-state index >= 15 is 0 Å². The normalized spacial score (nSPS) is 19.2. The molecular weight excluding hydrogens is 412 g/mol. The topological polar surface area (TPSA) is 58.7 Å². The Kier molecular flexibility index (Phi) is 4.85. The van der Waals surface area contributed by atoms with Crippen LogP contribution in [0, 0.1) is 6.92 Å². The molecule has 7 nitrogen and oxygen atoms in total. The molecule has 2 saturated heterocycles. The molecule has 0 bridgehead atoms. The third-order valence-electron chi connectivity index (χ3n) is 7.27. The molecule has 170 valence electrons. The van der Waals surface area contributed by atoms with Crippen LogP contribution in [0.1, 0.15) is 59.8 Å². The third kappa shape index (κ3) is 3.46. The molecule has 1 aromatic carbocycles. The van der Waals surface area contributed by atoms with Crippen molar-refractivity contribution < 1.29 is 4.79 Å². The number of amides is 1. The Labute approximate surface area is 193 Å². The van der Waals surface area contributed by atoms with Gasteiger partial charge in [0.15, 0.2) is 5.65 Å². The first-order chi connectivity index (χ1) is 16.1. The Bertz CT molecular complexity index is 1350. The van der Waals surface area contributed by atoms with Crippen LogP contribution in [0.25, 0.3) is 16.6 Å². The number of rotatable bonds is 3. The fourth-order valence-corrected chi connectivity index (χ4v) is 5.47. The summed E-state index contributed by atoms with van der Waals surface area (Å²) < 4.78 is 3.95. The van der Waals surface area contributed by atoms with Gasteiger partial charge in [-0.05, 0) is 62.6 Å². The van der Waals surface area contributed by atoms with E-state index in [9.17, 15) is 4.79 Å². The summed E-state index contributed by atoms with van der Waals surface area (Å²) in [5.41, 5.74) is 4.77. The first kappa shape index (κ1) is 20.3. The van der Waals surface area contributed by atoms with Crippen molar-refractivity contribution in [2.45, 2.75) is 45.1 Å². The molecule has 0 radical (unpaired) electrons. The molecule has 0 saturated carbocycles. The molecule has 33 heavy (non-hydrogen) atoms. The minimum absolute atomic E-state index is 0.0207. The van der Waals surface area contributed by atoms with Crippen LogP contribution in [0.2, 0.25) is 0 Å². The monoisotopic (exact) mass is 442 g/mol. The lowest BCUT2D eigenvalue weighted by molar-refractivity contribution is 0.0606. The number of aryl methyl sites for hydroxylation is 2. The first-order valence-electron chi connectivity index (χ1n) is 12.1. The van der Waals surface area contributed by atoms with Crippen LogP contribution in [-0.4, -0.2) is 49.6 Å². The molecule has 1 unspecified atom stereocenters.